The number of rotatable bonds is 4. The molecule has 8 heteroatoms. The van der Waals surface area contributed by atoms with E-state index in [1.807, 2.05) is 0 Å². The number of aliphatic carboxylic acids is 1. The van der Waals surface area contributed by atoms with Crippen molar-refractivity contribution in [1.29, 1.82) is 0 Å². The maximum absolute atomic E-state index is 12.4. The second-order valence-electron chi connectivity index (χ2n) is 5.93. The number of nitro groups is 1. The largest absolute Gasteiger partial charge is 0.481 e. The van der Waals surface area contributed by atoms with E-state index in [0.29, 0.717) is 12.8 Å². The van der Waals surface area contributed by atoms with E-state index in [-0.39, 0.29) is 16.3 Å². The van der Waals surface area contributed by atoms with Crippen molar-refractivity contribution in [2.24, 2.45) is 5.92 Å². The third-order valence-electron chi connectivity index (χ3n) is 4.31. The highest BCUT2D eigenvalue weighted by Gasteiger charge is 2.42. The molecule has 0 heterocycles. The minimum absolute atomic E-state index is 0.0389. The summed E-state index contributed by atoms with van der Waals surface area (Å²) in [6, 6.07) is 3.57. The highest BCUT2D eigenvalue weighted by Crippen LogP contribution is 2.34. The van der Waals surface area contributed by atoms with E-state index in [9.17, 15) is 24.8 Å². The molecule has 1 saturated carbocycles. The van der Waals surface area contributed by atoms with Gasteiger partial charge in [0.15, 0.2) is 0 Å². The smallest absolute Gasteiger partial charge is 0.308 e. The van der Waals surface area contributed by atoms with Gasteiger partial charge in [-0.3, -0.25) is 19.7 Å². The summed E-state index contributed by atoms with van der Waals surface area (Å²) < 4.78 is 0. The molecule has 1 aliphatic carbocycles. The van der Waals surface area contributed by atoms with Gasteiger partial charge in [0.1, 0.15) is 0 Å². The summed E-state index contributed by atoms with van der Waals surface area (Å²) in [6.45, 7) is 1.71. The standard InChI is InChI=1S/C15H17ClN2O5/c1-15(7-3-2-4-11(15)14(20)21)17-13(19)10-6-5-9(18(22)23)8-12(10)16/h5-6,8,11H,2-4,7H2,1H3,(H,17,19)(H,20,21)/t11-,15+/m1/s1. The van der Waals surface area contributed by atoms with E-state index < -0.39 is 28.3 Å². The molecular formula is C15H17ClN2O5. The first-order valence-electron chi connectivity index (χ1n) is 7.24. The number of carbonyl (C=O) groups excluding carboxylic acids is 1. The number of nitro benzene ring substituents is 1. The van der Waals surface area contributed by atoms with Crippen molar-refractivity contribution < 1.29 is 19.6 Å². The van der Waals surface area contributed by atoms with Crippen LogP contribution in [0.5, 0.6) is 0 Å². The molecule has 0 unspecified atom stereocenters. The number of carboxylic acid groups (broad SMARTS) is 1. The van der Waals surface area contributed by atoms with Gasteiger partial charge in [-0.05, 0) is 25.8 Å². The Morgan fingerprint density at radius 1 is 1.43 bits per heavy atom. The monoisotopic (exact) mass is 340 g/mol. The van der Waals surface area contributed by atoms with Crippen LogP contribution in [-0.2, 0) is 4.79 Å². The van der Waals surface area contributed by atoms with Crippen molar-refractivity contribution in [3.8, 4) is 0 Å². The average Bonchev–Trinajstić information content (AvgIpc) is 2.46. The van der Waals surface area contributed by atoms with E-state index >= 15 is 0 Å². The van der Waals surface area contributed by atoms with E-state index in [0.717, 1.165) is 18.9 Å². The molecule has 0 spiro atoms. The zero-order valence-electron chi connectivity index (χ0n) is 12.5. The van der Waals surface area contributed by atoms with E-state index in [1.165, 1.54) is 12.1 Å². The van der Waals surface area contributed by atoms with Crippen molar-refractivity contribution in [3.05, 3.63) is 38.9 Å². The molecule has 0 aromatic heterocycles. The lowest BCUT2D eigenvalue weighted by Crippen LogP contribution is -2.55. The summed E-state index contributed by atoms with van der Waals surface area (Å²) in [7, 11) is 0. The summed E-state index contributed by atoms with van der Waals surface area (Å²) in [5.41, 5.74) is -0.987. The van der Waals surface area contributed by atoms with Crippen LogP contribution < -0.4 is 5.32 Å². The van der Waals surface area contributed by atoms with Crippen molar-refractivity contribution in [3.63, 3.8) is 0 Å². The maximum Gasteiger partial charge on any atom is 0.308 e. The first kappa shape index (κ1) is 17.2. The minimum Gasteiger partial charge on any atom is -0.481 e. The van der Waals surface area contributed by atoms with Crippen LogP contribution in [0.3, 0.4) is 0 Å². The summed E-state index contributed by atoms with van der Waals surface area (Å²) in [5, 5.41) is 22.8. The Balaban J connectivity index is 2.23. The van der Waals surface area contributed by atoms with Crippen molar-refractivity contribution >= 4 is 29.2 Å². The number of amides is 1. The molecule has 1 aromatic carbocycles. The predicted octanol–water partition coefficient (Wildman–Crippen LogP) is 3.01. The van der Waals surface area contributed by atoms with Gasteiger partial charge in [-0.25, -0.2) is 0 Å². The van der Waals surface area contributed by atoms with Gasteiger partial charge in [0.2, 0.25) is 0 Å². The fourth-order valence-corrected chi connectivity index (χ4v) is 3.27. The third-order valence-corrected chi connectivity index (χ3v) is 4.63. The zero-order valence-corrected chi connectivity index (χ0v) is 13.3. The quantitative estimate of drug-likeness (QED) is 0.646. The number of nitrogens with zero attached hydrogens (tertiary/aromatic N) is 1. The van der Waals surface area contributed by atoms with Crippen LogP contribution in [0.1, 0.15) is 43.0 Å². The first-order chi connectivity index (χ1) is 10.7. The summed E-state index contributed by atoms with van der Waals surface area (Å²) in [6.07, 6.45) is 2.69. The lowest BCUT2D eigenvalue weighted by atomic mass is 9.73. The van der Waals surface area contributed by atoms with Crippen LogP contribution >= 0.6 is 11.6 Å². The highest BCUT2D eigenvalue weighted by molar-refractivity contribution is 6.34. The molecule has 2 N–H and O–H groups in total. The SMILES string of the molecule is C[C@]1(NC(=O)c2ccc([N+](=O)[O-])cc2Cl)CCCC[C@@H]1C(=O)O. The molecule has 1 aromatic rings. The van der Waals surface area contributed by atoms with Crippen LogP contribution in [0.2, 0.25) is 5.02 Å². The number of hydrogen-bond acceptors (Lipinski definition) is 4. The molecule has 1 aliphatic rings. The highest BCUT2D eigenvalue weighted by atomic mass is 35.5. The molecule has 2 rings (SSSR count). The van der Waals surface area contributed by atoms with E-state index in [4.69, 9.17) is 11.6 Å². The Hall–Kier alpha value is -2.15. The molecular weight excluding hydrogens is 324 g/mol. The number of carboxylic acids is 1. The van der Waals surface area contributed by atoms with Gasteiger partial charge < -0.3 is 10.4 Å². The van der Waals surface area contributed by atoms with Gasteiger partial charge in [0.05, 0.1) is 27.0 Å². The minimum atomic E-state index is -0.942. The summed E-state index contributed by atoms with van der Waals surface area (Å²) in [5.74, 6) is -2.14. The molecule has 1 fully saturated rings. The Morgan fingerprint density at radius 3 is 2.70 bits per heavy atom. The van der Waals surface area contributed by atoms with Gasteiger partial charge in [-0.1, -0.05) is 24.4 Å². The lowest BCUT2D eigenvalue weighted by molar-refractivity contribution is -0.384. The number of hydrogen-bond donors (Lipinski definition) is 2. The summed E-state index contributed by atoms with van der Waals surface area (Å²) >= 11 is 5.95. The fourth-order valence-electron chi connectivity index (χ4n) is 3.01. The average molecular weight is 341 g/mol. The molecule has 0 saturated heterocycles. The lowest BCUT2D eigenvalue weighted by Gasteiger charge is -2.39. The van der Waals surface area contributed by atoms with Crippen molar-refractivity contribution in [1.82, 2.24) is 5.32 Å². The maximum atomic E-state index is 12.4. The van der Waals surface area contributed by atoms with Crippen LogP contribution in [-0.4, -0.2) is 27.4 Å². The van der Waals surface area contributed by atoms with Gasteiger partial charge in [0, 0.05) is 12.1 Å². The van der Waals surface area contributed by atoms with Crippen LogP contribution in [0.25, 0.3) is 0 Å². The molecule has 7 nitrogen and oxygen atoms in total. The van der Waals surface area contributed by atoms with Gasteiger partial charge in [-0.15, -0.1) is 0 Å². The molecule has 23 heavy (non-hydrogen) atoms. The third kappa shape index (κ3) is 3.61. The predicted molar refractivity (Wildman–Crippen MR) is 83.6 cm³/mol. The summed E-state index contributed by atoms with van der Waals surface area (Å²) in [4.78, 5) is 34.0. The second kappa shape index (κ2) is 6.54. The van der Waals surface area contributed by atoms with Gasteiger partial charge in [-0.2, -0.15) is 0 Å². The van der Waals surface area contributed by atoms with Crippen LogP contribution in [0.4, 0.5) is 5.69 Å². The molecule has 1 amide bonds. The second-order valence-corrected chi connectivity index (χ2v) is 6.34. The van der Waals surface area contributed by atoms with Crippen LogP contribution in [0, 0.1) is 16.0 Å². The molecule has 2 atom stereocenters. The Bertz CT molecular complexity index is 663. The molecule has 124 valence electrons. The number of nitrogens with one attached hydrogen (secondary N) is 1. The number of non-ortho nitro benzene ring substituents is 1. The van der Waals surface area contributed by atoms with Gasteiger partial charge in [0.25, 0.3) is 11.6 Å². The fraction of sp³-hybridized carbons (Fsp3) is 0.467. The number of benzene rings is 1. The van der Waals surface area contributed by atoms with Crippen molar-refractivity contribution in [2.45, 2.75) is 38.1 Å². The topological polar surface area (TPSA) is 110 Å². The molecule has 0 aliphatic heterocycles. The first-order valence-corrected chi connectivity index (χ1v) is 7.61. The Labute approximate surface area is 137 Å². The molecule has 0 bridgehead atoms. The van der Waals surface area contributed by atoms with Gasteiger partial charge >= 0.3 is 5.97 Å². The Morgan fingerprint density at radius 2 is 2.13 bits per heavy atom. The Kier molecular flexibility index (Phi) is 4.89. The number of halogens is 1. The van der Waals surface area contributed by atoms with Crippen LogP contribution in [0.15, 0.2) is 18.2 Å². The van der Waals surface area contributed by atoms with E-state index in [2.05, 4.69) is 5.32 Å². The number of carbonyl (C=O) groups is 2. The van der Waals surface area contributed by atoms with Crippen molar-refractivity contribution in [2.75, 3.05) is 0 Å². The zero-order chi connectivity index (χ0) is 17.2. The van der Waals surface area contributed by atoms with E-state index in [1.54, 1.807) is 6.92 Å². The normalized spacial score (nSPS) is 24.0. The molecule has 0 radical (unpaired) electrons.